The molecule has 184 valence electrons. The molecule has 2 N–H and O–H groups in total. The molecule has 0 saturated carbocycles. The lowest BCUT2D eigenvalue weighted by molar-refractivity contribution is 0.146. The van der Waals surface area contributed by atoms with Gasteiger partial charge in [0.25, 0.3) is 0 Å². The summed E-state index contributed by atoms with van der Waals surface area (Å²) in [5, 5.41) is 0. The van der Waals surface area contributed by atoms with Crippen molar-refractivity contribution in [2.45, 2.75) is 19.3 Å². The Morgan fingerprint density at radius 2 is 1.25 bits per heavy atom. The molecule has 1 amide bonds. The first-order valence-electron chi connectivity index (χ1n) is 11.4. The molecule has 0 bridgehead atoms. The number of nitrogen functional groups attached to an aromatic ring is 1. The molecule has 0 aliphatic rings. The average molecular weight is 503 g/mol. The van der Waals surface area contributed by atoms with E-state index >= 15 is 0 Å². The van der Waals surface area contributed by atoms with Crippen molar-refractivity contribution in [1.82, 2.24) is 0 Å². The molecule has 1 atom stereocenters. The summed E-state index contributed by atoms with van der Waals surface area (Å²) in [5.74, 6) is -0.373. The normalized spacial score (nSPS) is 11.8. The van der Waals surface area contributed by atoms with Crippen LogP contribution < -0.4 is 19.7 Å². The second-order valence-electron chi connectivity index (χ2n) is 7.98. The molecule has 0 aromatic heterocycles. The number of para-hydroxylation sites is 2. The minimum absolute atomic E-state index is 0.0429. The van der Waals surface area contributed by atoms with E-state index in [9.17, 15) is 9.36 Å². The first-order valence-corrected chi connectivity index (χ1v) is 13.0. The van der Waals surface area contributed by atoms with E-state index in [2.05, 4.69) is 0 Å². The number of carbonyl (C=O) groups excluding carboxylic acids is 1. The van der Waals surface area contributed by atoms with E-state index in [0.717, 1.165) is 5.56 Å². The van der Waals surface area contributed by atoms with Gasteiger partial charge in [-0.15, -0.1) is 0 Å². The second-order valence-corrected chi connectivity index (χ2v) is 10.2. The molecule has 0 fully saturated rings. The molecule has 4 aromatic carbocycles. The van der Waals surface area contributed by atoms with Crippen LogP contribution in [0.1, 0.15) is 12.5 Å². The summed E-state index contributed by atoms with van der Waals surface area (Å²) in [6.45, 7) is 1.65. The Bertz CT molecular complexity index is 1260. The molecular weight excluding hydrogens is 475 g/mol. The molecule has 0 aliphatic carbocycles. The van der Waals surface area contributed by atoms with E-state index in [-0.39, 0.29) is 6.61 Å². The van der Waals surface area contributed by atoms with E-state index in [0.29, 0.717) is 22.9 Å². The topological polar surface area (TPSA) is 91.1 Å². The van der Waals surface area contributed by atoms with Crippen LogP contribution in [-0.4, -0.2) is 11.9 Å². The largest absolute Gasteiger partial charge is 0.453 e. The SMILES string of the molecule is CC(N(C(=O)OCc1ccccc1)c1ccc(N)cc1)P(=O)(Oc1ccccc1)Oc1ccccc1. The fourth-order valence-electron chi connectivity index (χ4n) is 3.47. The van der Waals surface area contributed by atoms with Crippen LogP contribution in [-0.2, 0) is 15.9 Å². The maximum absolute atomic E-state index is 14.4. The van der Waals surface area contributed by atoms with Crippen molar-refractivity contribution in [2.75, 3.05) is 10.6 Å². The van der Waals surface area contributed by atoms with Gasteiger partial charge in [-0.05, 0) is 61.0 Å². The maximum Gasteiger partial charge on any atom is 0.453 e. The van der Waals surface area contributed by atoms with Crippen LogP contribution in [0.3, 0.4) is 0 Å². The molecule has 1 unspecified atom stereocenters. The summed E-state index contributed by atoms with van der Waals surface area (Å²) in [5.41, 5.74) is 7.64. The quantitative estimate of drug-likeness (QED) is 0.194. The monoisotopic (exact) mass is 502 g/mol. The van der Waals surface area contributed by atoms with E-state index in [1.54, 1.807) is 79.7 Å². The van der Waals surface area contributed by atoms with E-state index in [4.69, 9.17) is 19.5 Å². The zero-order valence-corrected chi connectivity index (χ0v) is 20.7. The molecule has 4 rings (SSSR count). The van der Waals surface area contributed by atoms with Gasteiger partial charge in [-0.1, -0.05) is 66.7 Å². The van der Waals surface area contributed by atoms with Crippen LogP contribution in [0.15, 0.2) is 115 Å². The van der Waals surface area contributed by atoms with Gasteiger partial charge in [-0.3, -0.25) is 4.90 Å². The minimum atomic E-state index is -4.04. The van der Waals surface area contributed by atoms with Gasteiger partial charge in [0, 0.05) is 11.4 Å². The number of rotatable bonds is 9. The Balaban J connectivity index is 1.69. The van der Waals surface area contributed by atoms with E-state index in [1.165, 1.54) is 4.90 Å². The summed E-state index contributed by atoms with van der Waals surface area (Å²) in [7, 11) is -4.04. The van der Waals surface area contributed by atoms with Crippen LogP contribution >= 0.6 is 7.60 Å². The predicted molar refractivity (Wildman–Crippen MR) is 141 cm³/mol. The molecule has 0 aliphatic heterocycles. The number of ether oxygens (including phenoxy) is 1. The Morgan fingerprint density at radius 3 is 1.75 bits per heavy atom. The third kappa shape index (κ3) is 6.26. The van der Waals surface area contributed by atoms with Crippen LogP contribution in [0.25, 0.3) is 0 Å². The smallest absolute Gasteiger partial charge is 0.444 e. The van der Waals surface area contributed by atoms with Crippen LogP contribution in [0, 0.1) is 0 Å². The number of hydrogen-bond donors (Lipinski definition) is 1. The molecule has 0 saturated heterocycles. The molecule has 36 heavy (non-hydrogen) atoms. The van der Waals surface area contributed by atoms with Crippen LogP contribution in [0.4, 0.5) is 16.2 Å². The number of nitrogens with two attached hydrogens (primary N) is 1. The molecule has 4 aromatic rings. The number of nitrogens with zero attached hydrogens (tertiary/aromatic N) is 1. The molecule has 8 heteroatoms. The Morgan fingerprint density at radius 1 is 0.778 bits per heavy atom. The predicted octanol–water partition coefficient (Wildman–Crippen LogP) is 7.11. The summed E-state index contributed by atoms with van der Waals surface area (Å²) >= 11 is 0. The van der Waals surface area contributed by atoms with Crippen molar-refractivity contribution in [2.24, 2.45) is 0 Å². The van der Waals surface area contributed by atoms with Crippen molar-refractivity contribution < 1.29 is 23.1 Å². The number of amides is 1. The van der Waals surface area contributed by atoms with Crippen molar-refractivity contribution >= 4 is 25.1 Å². The summed E-state index contributed by atoms with van der Waals surface area (Å²) < 4.78 is 31.9. The number of hydrogen-bond acceptors (Lipinski definition) is 6. The first-order chi connectivity index (χ1) is 17.4. The fourth-order valence-corrected chi connectivity index (χ4v) is 5.15. The average Bonchev–Trinajstić information content (AvgIpc) is 2.90. The lowest BCUT2D eigenvalue weighted by atomic mass is 10.2. The highest BCUT2D eigenvalue weighted by Crippen LogP contribution is 2.54. The summed E-state index contributed by atoms with van der Waals surface area (Å²) in [4.78, 5) is 14.7. The number of anilines is 2. The van der Waals surface area contributed by atoms with Gasteiger partial charge >= 0.3 is 13.7 Å². The fraction of sp³-hybridized carbons (Fsp3) is 0.107. The summed E-state index contributed by atoms with van der Waals surface area (Å²) in [6.07, 6.45) is -0.704. The number of carbonyl (C=O) groups is 1. The van der Waals surface area contributed by atoms with Crippen molar-refractivity contribution in [3.8, 4) is 11.5 Å². The molecular formula is C28H27N2O5P. The third-order valence-corrected chi connectivity index (χ3v) is 7.43. The Kier molecular flexibility index (Phi) is 7.93. The van der Waals surface area contributed by atoms with Crippen molar-refractivity contribution in [3.05, 3.63) is 121 Å². The lowest BCUT2D eigenvalue weighted by Crippen LogP contribution is -2.40. The van der Waals surface area contributed by atoms with E-state index < -0.39 is 19.5 Å². The van der Waals surface area contributed by atoms with Gasteiger partial charge in [0.15, 0.2) is 5.78 Å². The van der Waals surface area contributed by atoms with Crippen LogP contribution in [0.5, 0.6) is 11.5 Å². The van der Waals surface area contributed by atoms with Gasteiger partial charge in [-0.25, -0.2) is 9.36 Å². The van der Waals surface area contributed by atoms with E-state index in [1.807, 2.05) is 42.5 Å². The van der Waals surface area contributed by atoms with Gasteiger partial charge in [-0.2, -0.15) is 0 Å². The highest BCUT2D eigenvalue weighted by atomic mass is 31.2. The van der Waals surface area contributed by atoms with Gasteiger partial charge in [0.05, 0.1) is 0 Å². The highest BCUT2D eigenvalue weighted by Gasteiger charge is 2.43. The van der Waals surface area contributed by atoms with Gasteiger partial charge in [0.2, 0.25) is 0 Å². The zero-order valence-electron chi connectivity index (χ0n) is 19.8. The van der Waals surface area contributed by atoms with Gasteiger partial charge < -0.3 is 19.5 Å². The highest BCUT2D eigenvalue weighted by molar-refractivity contribution is 7.55. The van der Waals surface area contributed by atoms with Crippen LogP contribution in [0.2, 0.25) is 0 Å². The zero-order chi connectivity index (χ0) is 25.4. The third-order valence-electron chi connectivity index (χ3n) is 5.36. The molecule has 0 radical (unpaired) electrons. The molecule has 0 spiro atoms. The molecule has 7 nitrogen and oxygen atoms in total. The van der Waals surface area contributed by atoms with Crippen molar-refractivity contribution in [1.29, 1.82) is 0 Å². The lowest BCUT2D eigenvalue weighted by Gasteiger charge is -2.33. The maximum atomic E-state index is 14.4. The number of benzene rings is 4. The van der Waals surface area contributed by atoms with Gasteiger partial charge in [0.1, 0.15) is 18.1 Å². The minimum Gasteiger partial charge on any atom is -0.444 e. The standard InChI is InChI=1S/C28H27N2O5P/c1-22(36(32,34-26-13-7-3-8-14-26)35-27-15-9-4-10-16-27)30(25-19-17-24(29)18-20-25)28(31)33-21-23-11-5-2-6-12-23/h2-20,22H,21,29H2,1H3. The first kappa shape index (κ1) is 24.9. The Hall–Kier alpha value is -4.22. The second kappa shape index (κ2) is 11.5. The Labute approximate surface area is 210 Å². The summed E-state index contributed by atoms with van der Waals surface area (Å²) in [6, 6.07) is 33.3. The van der Waals surface area contributed by atoms with Crippen molar-refractivity contribution in [3.63, 3.8) is 0 Å². The molecule has 0 heterocycles.